The summed E-state index contributed by atoms with van der Waals surface area (Å²) in [4.78, 5) is 11.8. The molecule has 0 heterocycles. The SMILES string of the molecule is CCCC(C)NC(=O)c1ccc(F)c(C)c1. The van der Waals surface area contributed by atoms with Gasteiger partial charge in [-0.05, 0) is 44.0 Å². The highest BCUT2D eigenvalue weighted by atomic mass is 19.1. The first-order chi connectivity index (χ1) is 7.54. The molecule has 0 aliphatic carbocycles. The number of benzene rings is 1. The Morgan fingerprint density at radius 2 is 2.19 bits per heavy atom. The van der Waals surface area contributed by atoms with E-state index in [-0.39, 0.29) is 17.8 Å². The molecule has 1 N–H and O–H groups in total. The van der Waals surface area contributed by atoms with E-state index in [1.54, 1.807) is 13.0 Å². The van der Waals surface area contributed by atoms with Gasteiger partial charge in [0.2, 0.25) is 0 Å². The lowest BCUT2D eigenvalue weighted by Crippen LogP contribution is -2.32. The van der Waals surface area contributed by atoms with Crippen LogP contribution in [-0.4, -0.2) is 11.9 Å². The van der Waals surface area contributed by atoms with Gasteiger partial charge in [-0.25, -0.2) is 4.39 Å². The number of amides is 1. The van der Waals surface area contributed by atoms with Crippen LogP contribution < -0.4 is 5.32 Å². The second kappa shape index (κ2) is 5.64. The topological polar surface area (TPSA) is 29.1 Å². The molecule has 1 unspecified atom stereocenters. The molecule has 0 spiro atoms. The zero-order chi connectivity index (χ0) is 12.1. The van der Waals surface area contributed by atoms with E-state index in [0.29, 0.717) is 11.1 Å². The first-order valence-electron chi connectivity index (χ1n) is 5.61. The van der Waals surface area contributed by atoms with Gasteiger partial charge in [0.25, 0.3) is 5.91 Å². The molecule has 0 aliphatic heterocycles. The number of aryl methyl sites for hydroxylation is 1. The van der Waals surface area contributed by atoms with Gasteiger partial charge in [0.1, 0.15) is 5.82 Å². The van der Waals surface area contributed by atoms with Crippen LogP contribution in [0.2, 0.25) is 0 Å². The Hall–Kier alpha value is -1.38. The molecule has 1 rings (SSSR count). The van der Waals surface area contributed by atoms with Crippen molar-refractivity contribution in [2.75, 3.05) is 0 Å². The maximum absolute atomic E-state index is 13.0. The lowest BCUT2D eigenvalue weighted by Gasteiger charge is -2.13. The first kappa shape index (κ1) is 12.7. The normalized spacial score (nSPS) is 12.2. The van der Waals surface area contributed by atoms with E-state index >= 15 is 0 Å². The summed E-state index contributed by atoms with van der Waals surface area (Å²) in [7, 11) is 0. The summed E-state index contributed by atoms with van der Waals surface area (Å²) in [6.07, 6.45) is 1.98. The van der Waals surface area contributed by atoms with Gasteiger partial charge < -0.3 is 5.32 Å². The average molecular weight is 223 g/mol. The molecule has 1 atom stereocenters. The van der Waals surface area contributed by atoms with Crippen molar-refractivity contribution in [2.45, 2.75) is 39.7 Å². The molecule has 0 bridgehead atoms. The molecule has 2 nitrogen and oxygen atoms in total. The third-order valence-corrected chi connectivity index (χ3v) is 2.52. The van der Waals surface area contributed by atoms with E-state index in [0.717, 1.165) is 12.8 Å². The molecular weight excluding hydrogens is 205 g/mol. The Morgan fingerprint density at radius 1 is 1.50 bits per heavy atom. The zero-order valence-electron chi connectivity index (χ0n) is 10.0. The Morgan fingerprint density at radius 3 is 2.75 bits per heavy atom. The summed E-state index contributed by atoms with van der Waals surface area (Å²) in [6.45, 7) is 5.70. The number of carbonyl (C=O) groups is 1. The quantitative estimate of drug-likeness (QED) is 0.835. The van der Waals surface area contributed by atoms with E-state index in [1.165, 1.54) is 12.1 Å². The number of rotatable bonds is 4. The molecule has 0 saturated carbocycles. The number of hydrogen-bond donors (Lipinski definition) is 1. The lowest BCUT2D eigenvalue weighted by atomic mass is 10.1. The van der Waals surface area contributed by atoms with Crippen molar-refractivity contribution in [2.24, 2.45) is 0 Å². The van der Waals surface area contributed by atoms with Gasteiger partial charge >= 0.3 is 0 Å². The van der Waals surface area contributed by atoms with E-state index in [2.05, 4.69) is 12.2 Å². The van der Waals surface area contributed by atoms with Crippen molar-refractivity contribution in [3.63, 3.8) is 0 Å². The van der Waals surface area contributed by atoms with Crippen LogP contribution in [0.3, 0.4) is 0 Å². The molecule has 0 saturated heterocycles. The number of halogens is 1. The predicted octanol–water partition coefficient (Wildman–Crippen LogP) is 3.05. The predicted molar refractivity (Wildman–Crippen MR) is 63.0 cm³/mol. The molecule has 0 radical (unpaired) electrons. The standard InChI is InChI=1S/C13H18FNO/c1-4-5-10(3)15-13(16)11-6-7-12(14)9(2)8-11/h6-8,10H,4-5H2,1-3H3,(H,15,16). The largest absolute Gasteiger partial charge is 0.350 e. The van der Waals surface area contributed by atoms with Crippen LogP contribution in [0.5, 0.6) is 0 Å². The fraction of sp³-hybridized carbons (Fsp3) is 0.462. The van der Waals surface area contributed by atoms with E-state index in [9.17, 15) is 9.18 Å². The van der Waals surface area contributed by atoms with Gasteiger partial charge in [0.05, 0.1) is 0 Å². The molecule has 0 aromatic heterocycles. The van der Waals surface area contributed by atoms with Gasteiger partial charge in [-0.2, -0.15) is 0 Å². The highest BCUT2D eigenvalue weighted by Gasteiger charge is 2.10. The first-order valence-corrected chi connectivity index (χ1v) is 5.61. The lowest BCUT2D eigenvalue weighted by molar-refractivity contribution is 0.0938. The van der Waals surface area contributed by atoms with Crippen LogP contribution in [0.4, 0.5) is 4.39 Å². The van der Waals surface area contributed by atoms with Crippen LogP contribution in [0.15, 0.2) is 18.2 Å². The fourth-order valence-electron chi connectivity index (χ4n) is 1.60. The second-order valence-corrected chi connectivity index (χ2v) is 4.13. The van der Waals surface area contributed by atoms with Crippen LogP contribution in [0.25, 0.3) is 0 Å². The number of hydrogen-bond acceptors (Lipinski definition) is 1. The smallest absolute Gasteiger partial charge is 0.251 e. The van der Waals surface area contributed by atoms with Gasteiger partial charge in [-0.1, -0.05) is 13.3 Å². The molecule has 1 aromatic carbocycles. The minimum absolute atomic E-state index is 0.135. The summed E-state index contributed by atoms with van der Waals surface area (Å²) in [6, 6.07) is 4.57. The second-order valence-electron chi connectivity index (χ2n) is 4.13. The summed E-state index contributed by atoms with van der Waals surface area (Å²) >= 11 is 0. The van der Waals surface area contributed by atoms with Crippen LogP contribution in [0, 0.1) is 12.7 Å². The van der Waals surface area contributed by atoms with Crippen LogP contribution >= 0.6 is 0 Å². The summed E-state index contributed by atoms with van der Waals surface area (Å²) < 4.78 is 13.0. The average Bonchev–Trinajstić information content (AvgIpc) is 2.22. The van der Waals surface area contributed by atoms with Crippen LogP contribution in [0.1, 0.15) is 42.6 Å². The number of nitrogens with one attached hydrogen (secondary N) is 1. The van der Waals surface area contributed by atoms with Crippen molar-refractivity contribution < 1.29 is 9.18 Å². The molecule has 0 fully saturated rings. The van der Waals surface area contributed by atoms with Gasteiger partial charge in [0.15, 0.2) is 0 Å². The highest BCUT2D eigenvalue weighted by Crippen LogP contribution is 2.09. The van der Waals surface area contributed by atoms with Crippen molar-refractivity contribution in [3.8, 4) is 0 Å². The highest BCUT2D eigenvalue weighted by molar-refractivity contribution is 5.94. The maximum Gasteiger partial charge on any atom is 0.251 e. The molecule has 1 aromatic rings. The van der Waals surface area contributed by atoms with Crippen molar-refractivity contribution in [1.29, 1.82) is 0 Å². The van der Waals surface area contributed by atoms with Gasteiger partial charge in [0, 0.05) is 11.6 Å². The van der Waals surface area contributed by atoms with Gasteiger partial charge in [-0.15, -0.1) is 0 Å². The fourth-order valence-corrected chi connectivity index (χ4v) is 1.60. The number of carbonyl (C=O) groups excluding carboxylic acids is 1. The van der Waals surface area contributed by atoms with Gasteiger partial charge in [-0.3, -0.25) is 4.79 Å². The molecule has 0 aliphatic rings. The maximum atomic E-state index is 13.0. The Labute approximate surface area is 95.9 Å². The van der Waals surface area contributed by atoms with Crippen LogP contribution in [-0.2, 0) is 0 Å². The summed E-state index contributed by atoms with van der Waals surface area (Å²) in [5.41, 5.74) is 1.01. The third-order valence-electron chi connectivity index (χ3n) is 2.52. The Kier molecular flexibility index (Phi) is 4.47. The minimum Gasteiger partial charge on any atom is -0.350 e. The van der Waals surface area contributed by atoms with E-state index < -0.39 is 0 Å². The molecular formula is C13H18FNO. The summed E-state index contributed by atoms with van der Waals surface area (Å²) in [5.74, 6) is -0.415. The van der Waals surface area contributed by atoms with Crippen molar-refractivity contribution in [3.05, 3.63) is 35.1 Å². The summed E-state index contributed by atoms with van der Waals surface area (Å²) in [5, 5.41) is 2.88. The molecule has 1 amide bonds. The molecule has 3 heteroatoms. The Bertz CT molecular complexity index is 376. The minimum atomic E-state index is -0.279. The molecule has 16 heavy (non-hydrogen) atoms. The van der Waals surface area contributed by atoms with E-state index in [4.69, 9.17) is 0 Å². The zero-order valence-corrected chi connectivity index (χ0v) is 10.0. The van der Waals surface area contributed by atoms with Crippen molar-refractivity contribution in [1.82, 2.24) is 5.32 Å². The van der Waals surface area contributed by atoms with E-state index in [1.807, 2.05) is 6.92 Å². The monoisotopic (exact) mass is 223 g/mol. The van der Waals surface area contributed by atoms with Crippen molar-refractivity contribution >= 4 is 5.91 Å². The third kappa shape index (κ3) is 3.33. The Balaban J connectivity index is 2.69. The molecule has 88 valence electrons.